The van der Waals surface area contributed by atoms with Gasteiger partial charge < -0.3 is 28.8 Å². The molecule has 0 rings (SSSR count). The second-order valence-electron chi connectivity index (χ2n) is 20.0. The van der Waals surface area contributed by atoms with Crippen molar-refractivity contribution in [2.24, 2.45) is 0 Å². The van der Waals surface area contributed by atoms with Crippen LogP contribution in [0, 0.1) is 0 Å². The minimum Gasteiger partial charge on any atom is -0.756 e. The summed E-state index contributed by atoms with van der Waals surface area (Å²) in [7, 11) is 1.32. The summed E-state index contributed by atoms with van der Waals surface area (Å²) in [6, 6.07) is -0.794. The second-order valence-corrected chi connectivity index (χ2v) is 21.4. The molecule has 0 aromatic heterocycles. The summed E-state index contributed by atoms with van der Waals surface area (Å²) in [5.74, 6) is -0.158. The average molecular weight is 887 g/mol. The summed E-state index contributed by atoms with van der Waals surface area (Å²) in [5.41, 5.74) is 0. The van der Waals surface area contributed by atoms with Crippen LogP contribution in [0.2, 0.25) is 0 Å². The second kappa shape index (κ2) is 44.7. The summed E-state index contributed by atoms with van der Waals surface area (Å²) < 4.78 is 23.4. The van der Waals surface area contributed by atoms with Crippen molar-refractivity contribution in [2.75, 3.05) is 40.9 Å². The number of unbranched alkanes of at least 4 members (excludes halogenated alkanes) is 37. The third-order valence-electron chi connectivity index (χ3n) is 12.6. The van der Waals surface area contributed by atoms with Crippen LogP contribution in [0.25, 0.3) is 0 Å². The highest BCUT2D eigenvalue weighted by Crippen LogP contribution is 2.38. The molecule has 0 aliphatic heterocycles. The van der Waals surface area contributed by atoms with Crippen molar-refractivity contribution in [2.45, 2.75) is 289 Å². The lowest BCUT2D eigenvalue weighted by Crippen LogP contribution is -2.46. The van der Waals surface area contributed by atoms with Crippen LogP contribution < -0.4 is 10.2 Å². The SMILES string of the molecule is CCCCCCCCCCCCCCCCCCCCCCCCCC(=O)NC(COP(=O)([O-])OCC[N+](C)(C)C)C(O)CCCCCCCCCCCCCCCCCC. The summed E-state index contributed by atoms with van der Waals surface area (Å²) in [4.78, 5) is 25.5. The van der Waals surface area contributed by atoms with E-state index in [0.717, 1.165) is 38.5 Å². The molecule has 9 heteroatoms. The van der Waals surface area contributed by atoms with Crippen molar-refractivity contribution in [1.82, 2.24) is 5.32 Å². The topological polar surface area (TPSA) is 108 Å². The molecule has 366 valence electrons. The number of hydrogen-bond acceptors (Lipinski definition) is 6. The molecule has 3 atom stereocenters. The van der Waals surface area contributed by atoms with Crippen LogP contribution in [0.3, 0.4) is 0 Å². The van der Waals surface area contributed by atoms with Gasteiger partial charge in [-0.3, -0.25) is 9.36 Å². The van der Waals surface area contributed by atoms with Crippen LogP contribution in [-0.4, -0.2) is 68.5 Å². The van der Waals surface area contributed by atoms with Crippen LogP contribution in [0.15, 0.2) is 0 Å². The summed E-state index contributed by atoms with van der Waals surface area (Å²) in [6.45, 7) is 4.77. The lowest BCUT2D eigenvalue weighted by Gasteiger charge is -2.30. The predicted molar refractivity (Wildman–Crippen MR) is 261 cm³/mol. The molecule has 0 bridgehead atoms. The molecule has 2 N–H and O–H groups in total. The number of rotatable bonds is 50. The molecular weight excluding hydrogens is 780 g/mol. The Hall–Kier alpha value is -0.500. The lowest BCUT2D eigenvalue weighted by molar-refractivity contribution is -0.870. The Bertz CT molecular complexity index is 963. The Morgan fingerprint density at radius 2 is 0.803 bits per heavy atom. The van der Waals surface area contributed by atoms with E-state index in [1.807, 2.05) is 21.1 Å². The Balaban J connectivity index is 4.15. The largest absolute Gasteiger partial charge is 0.756 e. The molecule has 1 amide bonds. The number of carbonyl (C=O) groups is 1. The van der Waals surface area contributed by atoms with Gasteiger partial charge in [-0.15, -0.1) is 0 Å². The monoisotopic (exact) mass is 887 g/mol. The van der Waals surface area contributed by atoms with Gasteiger partial charge in [0.25, 0.3) is 7.82 Å². The number of phosphoric acid groups is 1. The number of phosphoric ester groups is 1. The third kappa shape index (κ3) is 47.3. The molecule has 3 unspecified atom stereocenters. The molecule has 8 nitrogen and oxygen atoms in total. The van der Waals surface area contributed by atoms with E-state index in [9.17, 15) is 19.4 Å². The number of amides is 1. The molecule has 0 saturated carbocycles. The maximum Gasteiger partial charge on any atom is 0.268 e. The number of nitrogens with zero attached hydrogens (tertiary/aromatic N) is 1. The minimum atomic E-state index is -4.56. The number of carbonyl (C=O) groups excluding carboxylic acids is 1. The third-order valence-corrected chi connectivity index (χ3v) is 13.6. The fraction of sp³-hybridized carbons (Fsp3) is 0.981. The number of hydrogen-bond donors (Lipinski definition) is 2. The van der Waals surface area contributed by atoms with Gasteiger partial charge in [-0.25, -0.2) is 0 Å². The highest BCUT2D eigenvalue weighted by Gasteiger charge is 2.24. The molecule has 0 aliphatic rings. The number of nitrogens with one attached hydrogen (secondary N) is 1. The van der Waals surface area contributed by atoms with Gasteiger partial charge >= 0.3 is 0 Å². The number of quaternary nitrogens is 1. The van der Waals surface area contributed by atoms with Crippen molar-refractivity contribution >= 4 is 13.7 Å². The van der Waals surface area contributed by atoms with E-state index >= 15 is 0 Å². The fourth-order valence-electron chi connectivity index (χ4n) is 8.34. The predicted octanol–water partition coefficient (Wildman–Crippen LogP) is 15.1. The Morgan fingerprint density at radius 1 is 0.508 bits per heavy atom. The molecule has 61 heavy (non-hydrogen) atoms. The standard InChI is InChI=1S/C52H107N2O6P/c1-6-8-10-12-14-16-18-20-22-24-25-26-27-28-29-30-32-34-36-38-40-42-44-46-52(56)53-50(49-60-61(57,58)59-48-47-54(3,4)5)51(55)45-43-41-39-37-35-33-31-23-21-19-17-15-13-11-9-7-2/h50-51,55H,6-49H2,1-5H3,(H-,53,56,57,58). The fourth-order valence-corrected chi connectivity index (χ4v) is 9.06. The smallest absolute Gasteiger partial charge is 0.268 e. The van der Waals surface area contributed by atoms with E-state index in [1.54, 1.807) is 0 Å². The first-order valence-corrected chi connectivity index (χ1v) is 28.3. The van der Waals surface area contributed by atoms with E-state index < -0.39 is 20.0 Å². The first-order chi connectivity index (χ1) is 29.5. The van der Waals surface area contributed by atoms with Gasteiger partial charge in [0, 0.05) is 6.42 Å². The van der Waals surface area contributed by atoms with E-state index in [0.29, 0.717) is 23.9 Å². The number of aliphatic hydroxyl groups is 1. The van der Waals surface area contributed by atoms with Gasteiger partial charge in [0.2, 0.25) is 5.91 Å². The minimum absolute atomic E-state index is 0.0165. The quantitative estimate of drug-likeness (QED) is 0.0358. The van der Waals surface area contributed by atoms with Crippen molar-refractivity contribution in [3.63, 3.8) is 0 Å². The van der Waals surface area contributed by atoms with Crippen molar-refractivity contribution in [3.8, 4) is 0 Å². The first-order valence-electron chi connectivity index (χ1n) is 26.9. The summed E-state index contributed by atoms with van der Waals surface area (Å²) >= 11 is 0. The van der Waals surface area contributed by atoms with Gasteiger partial charge in [-0.2, -0.15) is 0 Å². The van der Waals surface area contributed by atoms with E-state index in [2.05, 4.69) is 19.2 Å². The Labute approximate surface area is 380 Å². The van der Waals surface area contributed by atoms with Crippen molar-refractivity contribution in [1.29, 1.82) is 0 Å². The van der Waals surface area contributed by atoms with E-state index in [1.165, 1.54) is 212 Å². The highest BCUT2D eigenvalue weighted by molar-refractivity contribution is 7.45. The maximum atomic E-state index is 12.9. The van der Waals surface area contributed by atoms with Crippen LogP contribution in [0.5, 0.6) is 0 Å². The van der Waals surface area contributed by atoms with Crippen LogP contribution in [0.1, 0.15) is 277 Å². The first kappa shape index (κ1) is 60.5. The van der Waals surface area contributed by atoms with Gasteiger partial charge in [0.05, 0.1) is 39.9 Å². The molecule has 0 aromatic carbocycles. The Kier molecular flexibility index (Phi) is 44.3. The zero-order chi connectivity index (χ0) is 45.0. The lowest BCUT2D eigenvalue weighted by atomic mass is 10.0. The average Bonchev–Trinajstić information content (AvgIpc) is 3.21. The Morgan fingerprint density at radius 3 is 1.11 bits per heavy atom. The molecule has 0 aromatic rings. The molecule has 0 fully saturated rings. The van der Waals surface area contributed by atoms with Gasteiger partial charge in [0.1, 0.15) is 13.2 Å². The van der Waals surface area contributed by atoms with Crippen molar-refractivity contribution in [3.05, 3.63) is 0 Å². The van der Waals surface area contributed by atoms with Gasteiger partial charge in [0.15, 0.2) is 0 Å². The zero-order valence-corrected chi connectivity index (χ0v) is 42.5. The summed E-state index contributed by atoms with van der Waals surface area (Å²) in [6.07, 6.45) is 51.2. The van der Waals surface area contributed by atoms with Gasteiger partial charge in [-0.1, -0.05) is 258 Å². The molecule has 0 aliphatic carbocycles. The molecule has 0 heterocycles. The number of aliphatic hydroxyl groups excluding tert-OH is 1. The van der Waals surface area contributed by atoms with E-state index in [-0.39, 0.29) is 19.1 Å². The number of likely N-dealkylation sites (N-methyl/N-ethyl adjacent to an activating group) is 1. The highest BCUT2D eigenvalue weighted by atomic mass is 31.2. The maximum absolute atomic E-state index is 12.9. The van der Waals surface area contributed by atoms with Crippen LogP contribution in [-0.2, 0) is 18.4 Å². The summed E-state index contributed by atoms with van der Waals surface area (Å²) in [5, 5.41) is 14.0. The van der Waals surface area contributed by atoms with Crippen LogP contribution >= 0.6 is 7.82 Å². The molecule has 0 radical (unpaired) electrons. The molecule has 0 saturated heterocycles. The molecular formula is C52H107N2O6P. The van der Waals surface area contributed by atoms with Crippen LogP contribution in [0.4, 0.5) is 0 Å². The zero-order valence-electron chi connectivity index (χ0n) is 41.7. The normalized spacial score (nSPS) is 14.0. The van der Waals surface area contributed by atoms with Gasteiger partial charge in [-0.05, 0) is 12.8 Å². The van der Waals surface area contributed by atoms with E-state index in [4.69, 9.17) is 9.05 Å². The molecule has 0 spiro atoms. The van der Waals surface area contributed by atoms with Crippen molar-refractivity contribution < 1.29 is 32.9 Å².